The van der Waals surface area contributed by atoms with E-state index in [0.717, 1.165) is 90.6 Å². The van der Waals surface area contributed by atoms with Crippen LogP contribution in [0, 0.1) is 0 Å². The molecule has 4 atom stereocenters. The van der Waals surface area contributed by atoms with E-state index < -0.39 is 22.4 Å². The van der Waals surface area contributed by atoms with E-state index in [9.17, 15) is 5.11 Å². The van der Waals surface area contributed by atoms with Crippen molar-refractivity contribution in [3.8, 4) is 0 Å². The predicted molar refractivity (Wildman–Crippen MR) is 96.1 cm³/mol. The lowest BCUT2D eigenvalue weighted by Crippen LogP contribution is -2.77. The second-order valence-corrected chi connectivity index (χ2v) is 8.68. The van der Waals surface area contributed by atoms with Gasteiger partial charge in [-0.25, -0.2) is 0 Å². The minimum Gasteiger partial charge on any atom is -0.396 e. The first-order chi connectivity index (χ1) is 12.7. The average molecular weight is 364 g/mol. The molecular weight excluding hydrogens is 332 g/mol. The van der Waals surface area contributed by atoms with Crippen LogP contribution in [0.4, 0.5) is 0 Å². The quantitative estimate of drug-likeness (QED) is 0.781. The lowest BCUT2D eigenvalue weighted by molar-refractivity contribution is -0.298. The Labute approximate surface area is 156 Å². The van der Waals surface area contributed by atoms with Crippen molar-refractivity contribution in [3.63, 3.8) is 0 Å². The SMILES string of the molecule is OCCCC1=CC2(CCCO2)C2(CCCO2)C2(CCCO2)C12CCCO2. The molecule has 26 heavy (non-hydrogen) atoms. The summed E-state index contributed by atoms with van der Waals surface area (Å²) in [4.78, 5) is 0. The van der Waals surface area contributed by atoms with Gasteiger partial charge < -0.3 is 24.1 Å². The van der Waals surface area contributed by atoms with Gasteiger partial charge in [0.1, 0.15) is 22.4 Å². The second-order valence-electron chi connectivity index (χ2n) is 8.68. The van der Waals surface area contributed by atoms with Gasteiger partial charge >= 0.3 is 0 Å². The Bertz CT molecular complexity index is 559. The third-order valence-electron chi connectivity index (χ3n) is 7.64. The molecule has 0 aromatic carbocycles. The smallest absolute Gasteiger partial charge is 0.133 e. The highest BCUT2D eigenvalue weighted by Crippen LogP contribution is 2.66. The van der Waals surface area contributed by atoms with E-state index >= 15 is 0 Å². The lowest BCUT2D eigenvalue weighted by Gasteiger charge is -2.63. The van der Waals surface area contributed by atoms with Gasteiger partial charge in [0.25, 0.3) is 0 Å². The Balaban J connectivity index is 1.73. The average Bonchev–Trinajstić information content (AvgIpc) is 3.44. The van der Waals surface area contributed by atoms with Crippen LogP contribution in [0.25, 0.3) is 0 Å². The summed E-state index contributed by atoms with van der Waals surface area (Å²) in [5.74, 6) is 0. The molecule has 0 bridgehead atoms. The van der Waals surface area contributed by atoms with E-state index in [2.05, 4.69) is 6.08 Å². The molecule has 5 heteroatoms. The normalized spacial score (nSPS) is 47.8. The maximum Gasteiger partial charge on any atom is 0.133 e. The fourth-order valence-electron chi connectivity index (χ4n) is 6.86. The van der Waals surface area contributed by atoms with E-state index in [0.29, 0.717) is 0 Å². The van der Waals surface area contributed by atoms with Gasteiger partial charge in [0, 0.05) is 33.0 Å². The van der Waals surface area contributed by atoms with Crippen LogP contribution in [0.3, 0.4) is 0 Å². The zero-order chi connectivity index (χ0) is 17.7. The minimum atomic E-state index is -0.448. The molecule has 4 aliphatic heterocycles. The van der Waals surface area contributed by atoms with Crippen molar-refractivity contribution in [1.29, 1.82) is 0 Å². The highest BCUT2D eigenvalue weighted by Gasteiger charge is 2.78. The standard InChI is InChI=1S/C21H32O5/c22-11-1-6-17-16-18(7-2-12-23-18)20(9-4-14-25-20)21(10-5-15-26-21)19(17)8-3-13-24-19/h16,22H,1-15H2. The molecule has 1 aliphatic carbocycles. The number of rotatable bonds is 3. The molecule has 0 amide bonds. The summed E-state index contributed by atoms with van der Waals surface area (Å²) >= 11 is 0. The number of aliphatic hydroxyl groups excluding tert-OH is 1. The second kappa shape index (κ2) is 6.28. The number of hydrogen-bond acceptors (Lipinski definition) is 5. The fraction of sp³-hybridized carbons (Fsp3) is 0.905. The van der Waals surface area contributed by atoms with Crippen LogP contribution in [0.2, 0.25) is 0 Å². The Morgan fingerprint density at radius 1 is 0.769 bits per heavy atom. The highest BCUT2D eigenvalue weighted by atomic mass is 16.6. The zero-order valence-electron chi connectivity index (χ0n) is 15.8. The van der Waals surface area contributed by atoms with Crippen LogP contribution in [-0.2, 0) is 18.9 Å². The number of fused-ring (bicyclic) bond motifs is 3. The molecule has 4 spiro atoms. The van der Waals surface area contributed by atoms with Crippen molar-refractivity contribution in [2.45, 2.75) is 86.6 Å². The molecule has 0 aromatic rings. The van der Waals surface area contributed by atoms with Crippen LogP contribution in [0.5, 0.6) is 0 Å². The van der Waals surface area contributed by atoms with E-state index in [4.69, 9.17) is 18.9 Å². The van der Waals surface area contributed by atoms with E-state index in [1.807, 2.05) is 0 Å². The maximum atomic E-state index is 9.49. The molecule has 4 saturated heterocycles. The lowest BCUT2D eigenvalue weighted by atomic mass is 9.53. The van der Waals surface area contributed by atoms with E-state index in [-0.39, 0.29) is 6.61 Å². The molecule has 4 unspecified atom stereocenters. The summed E-state index contributed by atoms with van der Waals surface area (Å²) in [5.41, 5.74) is -0.374. The van der Waals surface area contributed by atoms with Gasteiger partial charge in [0.2, 0.25) is 0 Å². The summed E-state index contributed by atoms with van der Waals surface area (Å²) in [7, 11) is 0. The third-order valence-corrected chi connectivity index (χ3v) is 7.64. The van der Waals surface area contributed by atoms with Crippen molar-refractivity contribution in [3.05, 3.63) is 11.6 Å². The van der Waals surface area contributed by atoms with Crippen LogP contribution in [0.15, 0.2) is 11.6 Å². The summed E-state index contributed by atoms with van der Waals surface area (Å²) in [6.45, 7) is 3.34. The molecule has 146 valence electrons. The van der Waals surface area contributed by atoms with Gasteiger partial charge in [-0.1, -0.05) is 0 Å². The molecular formula is C21H32O5. The zero-order valence-corrected chi connectivity index (χ0v) is 15.8. The first-order valence-corrected chi connectivity index (χ1v) is 10.6. The maximum absolute atomic E-state index is 9.49. The van der Waals surface area contributed by atoms with Crippen molar-refractivity contribution in [2.75, 3.05) is 33.0 Å². The summed E-state index contributed by atoms with van der Waals surface area (Å²) in [6, 6.07) is 0. The van der Waals surface area contributed by atoms with Crippen LogP contribution in [0.1, 0.15) is 64.2 Å². The first-order valence-electron chi connectivity index (χ1n) is 10.6. The molecule has 5 rings (SSSR count). The van der Waals surface area contributed by atoms with Gasteiger partial charge in [-0.15, -0.1) is 0 Å². The van der Waals surface area contributed by atoms with Crippen molar-refractivity contribution < 1.29 is 24.1 Å². The molecule has 0 aromatic heterocycles. The molecule has 4 heterocycles. The topological polar surface area (TPSA) is 57.2 Å². The van der Waals surface area contributed by atoms with Gasteiger partial charge in [0.15, 0.2) is 0 Å². The molecule has 5 nitrogen and oxygen atoms in total. The van der Waals surface area contributed by atoms with Crippen LogP contribution < -0.4 is 0 Å². The molecule has 0 saturated carbocycles. The largest absolute Gasteiger partial charge is 0.396 e. The Hall–Kier alpha value is -0.460. The third kappa shape index (κ3) is 1.99. The van der Waals surface area contributed by atoms with Crippen LogP contribution >= 0.6 is 0 Å². The molecule has 4 fully saturated rings. The van der Waals surface area contributed by atoms with E-state index in [1.165, 1.54) is 5.57 Å². The van der Waals surface area contributed by atoms with E-state index in [1.54, 1.807) is 0 Å². The Morgan fingerprint density at radius 3 is 2.00 bits per heavy atom. The summed E-state index contributed by atoms with van der Waals surface area (Å²) in [5, 5.41) is 9.49. The first kappa shape index (κ1) is 17.6. The van der Waals surface area contributed by atoms with Gasteiger partial charge in [-0.05, 0) is 75.9 Å². The minimum absolute atomic E-state index is 0.205. The van der Waals surface area contributed by atoms with Crippen molar-refractivity contribution >= 4 is 0 Å². The summed E-state index contributed by atoms with van der Waals surface area (Å²) < 4.78 is 26.5. The Morgan fingerprint density at radius 2 is 1.42 bits per heavy atom. The van der Waals surface area contributed by atoms with Gasteiger partial charge in [-0.2, -0.15) is 0 Å². The summed E-state index contributed by atoms with van der Waals surface area (Å²) in [6.07, 6.45) is 12.2. The number of hydrogen-bond donors (Lipinski definition) is 1. The van der Waals surface area contributed by atoms with Gasteiger partial charge in [0.05, 0.1) is 0 Å². The van der Waals surface area contributed by atoms with Crippen molar-refractivity contribution in [2.24, 2.45) is 0 Å². The Kier molecular flexibility index (Phi) is 4.26. The van der Waals surface area contributed by atoms with Gasteiger partial charge in [-0.3, -0.25) is 0 Å². The molecule has 5 aliphatic rings. The number of ether oxygens (including phenoxy) is 4. The highest BCUT2D eigenvalue weighted by molar-refractivity contribution is 5.44. The van der Waals surface area contributed by atoms with Crippen molar-refractivity contribution in [1.82, 2.24) is 0 Å². The molecule has 0 radical (unpaired) electrons. The monoisotopic (exact) mass is 364 g/mol. The van der Waals surface area contributed by atoms with Crippen LogP contribution in [-0.4, -0.2) is 60.5 Å². The predicted octanol–water partition coefficient (Wildman–Crippen LogP) is 2.90. The number of aliphatic hydroxyl groups is 1. The fourth-order valence-corrected chi connectivity index (χ4v) is 6.86. The molecule has 1 N–H and O–H groups in total.